The summed E-state index contributed by atoms with van der Waals surface area (Å²) in [6.45, 7) is 6.39. The Hall–Kier alpha value is -2.22. The first-order chi connectivity index (χ1) is 15.8. The Kier molecular flexibility index (Phi) is 6.91. The molecule has 4 heterocycles. The van der Waals surface area contributed by atoms with E-state index in [1.54, 1.807) is 18.3 Å². The Labute approximate surface area is 208 Å². The Balaban J connectivity index is 0.00000274. The number of alkyl halides is 3. The van der Waals surface area contributed by atoms with Gasteiger partial charge in [0.2, 0.25) is 0 Å². The van der Waals surface area contributed by atoms with E-state index in [0.29, 0.717) is 22.9 Å². The van der Waals surface area contributed by atoms with Gasteiger partial charge in [0.1, 0.15) is 18.7 Å². The van der Waals surface area contributed by atoms with Crippen molar-refractivity contribution in [2.24, 2.45) is 11.8 Å². The van der Waals surface area contributed by atoms with Crippen LogP contribution in [0.5, 0.6) is 0 Å². The molecule has 3 fully saturated rings. The maximum absolute atomic E-state index is 13.1. The van der Waals surface area contributed by atoms with Gasteiger partial charge < -0.3 is 26.6 Å². The minimum absolute atomic E-state index is 0. The van der Waals surface area contributed by atoms with Crippen LogP contribution in [0.1, 0.15) is 35.6 Å². The second kappa shape index (κ2) is 9.44. The summed E-state index contributed by atoms with van der Waals surface area (Å²) in [5.74, 6) is 0.827. The molecule has 1 aromatic heterocycles. The molecule has 3 aliphatic heterocycles. The minimum atomic E-state index is -4.34. The van der Waals surface area contributed by atoms with Crippen molar-refractivity contribution < 1.29 is 39.7 Å². The summed E-state index contributed by atoms with van der Waals surface area (Å²) in [7, 11) is 0. The molecule has 2 unspecified atom stereocenters. The highest BCUT2D eigenvalue weighted by molar-refractivity contribution is 5.82. The zero-order valence-electron chi connectivity index (χ0n) is 18.8. The van der Waals surface area contributed by atoms with Gasteiger partial charge >= 0.3 is 6.18 Å². The van der Waals surface area contributed by atoms with Crippen molar-refractivity contribution in [3.05, 3.63) is 90.1 Å². The normalized spacial score (nSPS) is 27.2. The van der Waals surface area contributed by atoms with Crippen LogP contribution in [0, 0.1) is 11.8 Å². The van der Waals surface area contributed by atoms with Crippen molar-refractivity contribution in [1.82, 2.24) is 4.98 Å². The van der Waals surface area contributed by atoms with Crippen molar-refractivity contribution in [3.63, 3.8) is 0 Å². The molecule has 3 aromatic rings. The van der Waals surface area contributed by atoms with Gasteiger partial charge in [0.05, 0.1) is 24.2 Å². The summed E-state index contributed by atoms with van der Waals surface area (Å²) in [6.07, 6.45) is 0.648. The Morgan fingerprint density at radius 1 is 1.12 bits per heavy atom. The number of fused-ring (bicyclic) bond motifs is 4. The molecule has 2 bridgehead atoms. The van der Waals surface area contributed by atoms with Crippen LogP contribution in [-0.2, 0) is 12.7 Å². The van der Waals surface area contributed by atoms with Crippen molar-refractivity contribution in [3.8, 4) is 0 Å². The first-order valence-corrected chi connectivity index (χ1v) is 11.5. The van der Waals surface area contributed by atoms with Crippen LogP contribution in [0.3, 0.4) is 0 Å². The van der Waals surface area contributed by atoms with Crippen LogP contribution >= 0.6 is 0 Å². The smallest absolute Gasteiger partial charge is 0.416 e. The van der Waals surface area contributed by atoms with Crippen LogP contribution < -0.4 is 17.0 Å². The Morgan fingerprint density at radius 3 is 2.56 bits per heavy atom. The van der Waals surface area contributed by atoms with E-state index in [9.17, 15) is 18.3 Å². The molecule has 0 aliphatic carbocycles. The molecule has 34 heavy (non-hydrogen) atoms. The molecule has 5 atom stereocenters. The zero-order chi connectivity index (χ0) is 23.2. The number of para-hydroxylation sites is 1. The van der Waals surface area contributed by atoms with Crippen molar-refractivity contribution in [2.45, 2.75) is 37.7 Å². The third-order valence-corrected chi connectivity index (χ3v) is 7.82. The van der Waals surface area contributed by atoms with Crippen LogP contribution in [0.25, 0.3) is 10.9 Å². The van der Waals surface area contributed by atoms with Gasteiger partial charge in [-0.25, -0.2) is 0 Å². The standard InChI is InChI=1S/C27H28F3N2O.BrH/c1-2-19-17-32(16-18-7-9-21(10-8-18)27(28,29)30)14-12-20(19)15-25(32)26(33)23-11-13-31-24-6-4-3-5-22(23)24;/h2-11,13,19-20,25-26,33H,1,12,14-17H2;1H/q+1;/p-1/t19?,20-,25+,26-,32?;/m0./s1. The predicted octanol–water partition coefficient (Wildman–Crippen LogP) is 2.90. The van der Waals surface area contributed by atoms with E-state index in [4.69, 9.17) is 0 Å². The molecular formula is C27H28BrF3N2O. The van der Waals surface area contributed by atoms with E-state index in [2.05, 4.69) is 11.6 Å². The monoisotopic (exact) mass is 532 g/mol. The molecule has 6 rings (SSSR count). The second-order valence-corrected chi connectivity index (χ2v) is 9.59. The highest BCUT2D eigenvalue weighted by atomic mass is 79.9. The lowest BCUT2D eigenvalue weighted by Gasteiger charge is -2.58. The summed E-state index contributed by atoms with van der Waals surface area (Å²) in [4.78, 5) is 4.43. The van der Waals surface area contributed by atoms with E-state index in [1.165, 1.54) is 0 Å². The Morgan fingerprint density at radius 2 is 1.85 bits per heavy atom. The number of hydrogen-bond donors (Lipinski definition) is 1. The molecule has 1 N–H and O–H groups in total. The number of halogens is 4. The van der Waals surface area contributed by atoms with Gasteiger partial charge in [-0.15, -0.1) is 6.58 Å². The lowest BCUT2D eigenvalue weighted by atomic mass is 9.71. The number of hydrogen-bond acceptors (Lipinski definition) is 2. The molecule has 180 valence electrons. The van der Waals surface area contributed by atoms with Gasteiger partial charge in [-0.2, -0.15) is 13.2 Å². The van der Waals surface area contributed by atoms with E-state index in [0.717, 1.165) is 60.1 Å². The SMILES string of the molecule is C=CC1C[N+]2(Cc3ccc(C(F)(F)F)cc3)CC[C@H]1C[C@@H]2[C@@H](O)c1ccnc2ccccc12.[Br-]. The molecule has 0 amide bonds. The zero-order valence-corrected chi connectivity index (χ0v) is 20.3. The lowest BCUT2D eigenvalue weighted by Crippen LogP contribution is -3.00. The minimum Gasteiger partial charge on any atom is -1.00 e. The number of pyridine rings is 1. The van der Waals surface area contributed by atoms with E-state index in [1.807, 2.05) is 36.4 Å². The maximum Gasteiger partial charge on any atom is 0.416 e. The molecule has 0 radical (unpaired) electrons. The fourth-order valence-electron chi connectivity index (χ4n) is 6.13. The number of aliphatic hydroxyl groups is 1. The largest absolute Gasteiger partial charge is 1.00 e. The molecule has 3 nitrogen and oxygen atoms in total. The average molecular weight is 533 g/mol. The molecular weight excluding hydrogens is 505 g/mol. The van der Waals surface area contributed by atoms with E-state index in [-0.39, 0.29) is 23.0 Å². The fraction of sp³-hybridized carbons (Fsp3) is 0.370. The van der Waals surface area contributed by atoms with E-state index >= 15 is 0 Å². The molecule has 0 saturated carbocycles. The summed E-state index contributed by atoms with van der Waals surface area (Å²) in [6, 6.07) is 15.2. The summed E-state index contributed by atoms with van der Waals surface area (Å²) in [5, 5.41) is 12.6. The highest BCUT2D eigenvalue weighted by Crippen LogP contribution is 2.48. The van der Waals surface area contributed by atoms with Crippen LogP contribution in [0.15, 0.2) is 73.4 Å². The average Bonchev–Trinajstić information content (AvgIpc) is 2.83. The van der Waals surface area contributed by atoms with Crippen LogP contribution in [0.2, 0.25) is 0 Å². The fourth-order valence-corrected chi connectivity index (χ4v) is 6.13. The van der Waals surface area contributed by atoms with Gasteiger partial charge in [-0.3, -0.25) is 4.98 Å². The lowest BCUT2D eigenvalue weighted by molar-refractivity contribution is -0.984. The summed E-state index contributed by atoms with van der Waals surface area (Å²) >= 11 is 0. The number of piperidine rings is 3. The highest BCUT2D eigenvalue weighted by Gasteiger charge is 2.54. The number of aromatic nitrogens is 1. The number of benzene rings is 2. The first-order valence-electron chi connectivity index (χ1n) is 11.5. The van der Waals surface area contributed by atoms with Crippen LogP contribution in [0.4, 0.5) is 13.2 Å². The predicted molar refractivity (Wildman–Crippen MR) is 122 cm³/mol. The van der Waals surface area contributed by atoms with Crippen molar-refractivity contribution in [1.29, 1.82) is 0 Å². The molecule has 2 aromatic carbocycles. The van der Waals surface area contributed by atoms with Crippen LogP contribution in [-0.4, -0.2) is 33.7 Å². The third-order valence-electron chi connectivity index (χ3n) is 7.82. The first kappa shape index (κ1) is 24.9. The summed E-state index contributed by atoms with van der Waals surface area (Å²) < 4.78 is 39.8. The third kappa shape index (κ3) is 4.41. The number of aliphatic hydroxyl groups excluding tert-OH is 1. The molecule has 3 aliphatic rings. The topological polar surface area (TPSA) is 33.1 Å². The van der Waals surface area contributed by atoms with Gasteiger partial charge in [0.25, 0.3) is 0 Å². The molecule has 0 spiro atoms. The number of quaternary nitrogens is 1. The van der Waals surface area contributed by atoms with Crippen molar-refractivity contribution in [2.75, 3.05) is 13.1 Å². The van der Waals surface area contributed by atoms with Gasteiger partial charge in [-0.1, -0.05) is 36.4 Å². The summed E-state index contributed by atoms with van der Waals surface area (Å²) in [5.41, 5.74) is 1.96. The van der Waals surface area contributed by atoms with Gasteiger partial charge in [0, 0.05) is 35.9 Å². The van der Waals surface area contributed by atoms with Gasteiger partial charge in [0.15, 0.2) is 0 Å². The maximum atomic E-state index is 13.1. The van der Waals surface area contributed by atoms with Crippen molar-refractivity contribution >= 4 is 10.9 Å². The second-order valence-electron chi connectivity index (χ2n) is 9.59. The quantitative estimate of drug-likeness (QED) is 0.405. The number of rotatable bonds is 5. The van der Waals surface area contributed by atoms with Gasteiger partial charge in [-0.05, 0) is 35.7 Å². The number of nitrogens with zero attached hydrogens (tertiary/aromatic N) is 2. The Bertz CT molecular complexity index is 1160. The van der Waals surface area contributed by atoms with E-state index < -0.39 is 17.8 Å². The molecule has 7 heteroatoms. The molecule has 3 saturated heterocycles.